The first-order valence-corrected chi connectivity index (χ1v) is 5.98. The third-order valence-corrected chi connectivity index (χ3v) is 3.01. The van der Waals surface area contributed by atoms with Crippen molar-refractivity contribution in [1.82, 2.24) is 9.97 Å². The molecule has 0 aliphatic rings. The van der Waals surface area contributed by atoms with Crippen LogP contribution in [0.25, 0.3) is 0 Å². The van der Waals surface area contributed by atoms with Crippen molar-refractivity contribution in [2.75, 3.05) is 17.7 Å². The van der Waals surface area contributed by atoms with E-state index in [4.69, 9.17) is 0 Å². The van der Waals surface area contributed by atoms with Gasteiger partial charge in [-0.2, -0.15) is 4.98 Å². The summed E-state index contributed by atoms with van der Waals surface area (Å²) in [4.78, 5) is 8.44. The Bertz CT molecular complexity index is 310. The van der Waals surface area contributed by atoms with Gasteiger partial charge >= 0.3 is 0 Å². The molecule has 1 atom stereocenters. The summed E-state index contributed by atoms with van der Waals surface area (Å²) >= 11 is 0. The van der Waals surface area contributed by atoms with E-state index in [9.17, 15) is 0 Å². The second-order valence-corrected chi connectivity index (χ2v) is 4.03. The molecule has 0 aliphatic carbocycles. The van der Waals surface area contributed by atoms with Crippen LogP contribution in [0.4, 0.5) is 11.8 Å². The number of nitrogens with zero attached hydrogens (tertiary/aromatic N) is 2. The fourth-order valence-corrected chi connectivity index (χ4v) is 1.91. The molecule has 0 saturated heterocycles. The zero-order chi connectivity index (χ0) is 12.0. The van der Waals surface area contributed by atoms with Crippen molar-refractivity contribution >= 4 is 11.8 Å². The van der Waals surface area contributed by atoms with Gasteiger partial charge in [0.1, 0.15) is 5.82 Å². The van der Waals surface area contributed by atoms with Crippen LogP contribution in [0, 0.1) is 5.92 Å². The molecule has 0 fully saturated rings. The Morgan fingerprint density at radius 3 is 2.56 bits per heavy atom. The maximum atomic E-state index is 4.35. The smallest absolute Gasteiger partial charge is 0.224 e. The van der Waals surface area contributed by atoms with Gasteiger partial charge < -0.3 is 10.6 Å². The first kappa shape index (κ1) is 12.7. The summed E-state index contributed by atoms with van der Waals surface area (Å²) in [7, 11) is 1.82. The van der Waals surface area contributed by atoms with Crippen LogP contribution in [0.2, 0.25) is 0 Å². The van der Waals surface area contributed by atoms with Gasteiger partial charge in [0.25, 0.3) is 0 Å². The van der Waals surface area contributed by atoms with Gasteiger partial charge in [0.15, 0.2) is 0 Å². The molecule has 0 aliphatic heterocycles. The molecule has 0 spiro atoms. The molecular weight excluding hydrogens is 200 g/mol. The van der Waals surface area contributed by atoms with Gasteiger partial charge in [-0.25, -0.2) is 4.98 Å². The lowest BCUT2D eigenvalue weighted by Crippen LogP contribution is -2.25. The molecule has 4 nitrogen and oxygen atoms in total. The van der Waals surface area contributed by atoms with Gasteiger partial charge in [-0.3, -0.25) is 0 Å². The number of rotatable bonds is 6. The maximum Gasteiger partial charge on any atom is 0.224 e. The lowest BCUT2D eigenvalue weighted by molar-refractivity contribution is 0.437. The van der Waals surface area contributed by atoms with Crippen molar-refractivity contribution in [3.8, 4) is 0 Å². The highest BCUT2D eigenvalue weighted by Crippen LogP contribution is 2.17. The SMILES string of the molecule is CCC(CC)C(C)Nc1ccnc(NC)n1. The molecule has 0 aromatic carbocycles. The van der Waals surface area contributed by atoms with Crippen molar-refractivity contribution in [3.63, 3.8) is 0 Å². The monoisotopic (exact) mass is 222 g/mol. The molecule has 2 N–H and O–H groups in total. The van der Waals surface area contributed by atoms with Crippen molar-refractivity contribution in [2.45, 2.75) is 39.7 Å². The summed E-state index contributed by atoms with van der Waals surface area (Å²) in [5, 5.41) is 6.36. The minimum Gasteiger partial charge on any atom is -0.367 e. The van der Waals surface area contributed by atoms with E-state index in [2.05, 4.69) is 41.4 Å². The zero-order valence-electron chi connectivity index (χ0n) is 10.6. The van der Waals surface area contributed by atoms with E-state index in [1.807, 2.05) is 13.1 Å². The summed E-state index contributed by atoms with van der Waals surface area (Å²) < 4.78 is 0. The van der Waals surface area contributed by atoms with Crippen molar-refractivity contribution in [2.24, 2.45) is 5.92 Å². The highest BCUT2D eigenvalue weighted by molar-refractivity contribution is 5.39. The Balaban J connectivity index is 2.64. The van der Waals surface area contributed by atoms with Crippen LogP contribution < -0.4 is 10.6 Å². The molecule has 0 saturated carbocycles. The second kappa shape index (κ2) is 6.30. The normalized spacial score (nSPS) is 12.6. The minimum atomic E-state index is 0.439. The average Bonchev–Trinajstić information content (AvgIpc) is 2.31. The van der Waals surface area contributed by atoms with E-state index in [1.54, 1.807) is 6.20 Å². The van der Waals surface area contributed by atoms with Crippen molar-refractivity contribution in [3.05, 3.63) is 12.3 Å². The Labute approximate surface area is 97.9 Å². The number of nitrogens with one attached hydrogen (secondary N) is 2. The third-order valence-electron chi connectivity index (χ3n) is 3.01. The van der Waals surface area contributed by atoms with E-state index in [1.165, 1.54) is 12.8 Å². The number of anilines is 2. The van der Waals surface area contributed by atoms with Gasteiger partial charge in [0, 0.05) is 19.3 Å². The Morgan fingerprint density at radius 2 is 2.00 bits per heavy atom. The fourth-order valence-electron chi connectivity index (χ4n) is 1.91. The van der Waals surface area contributed by atoms with Gasteiger partial charge in [0.2, 0.25) is 5.95 Å². The fraction of sp³-hybridized carbons (Fsp3) is 0.667. The molecule has 1 aromatic rings. The minimum absolute atomic E-state index is 0.439. The van der Waals surface area contributed by atoms with Gasteiger partial charge in [-0.1, -0.05) is 26.7 Å². The standard InChI is InChI=1S/C12H22N4/c1-5-10(6-2)9(3)15-11-7-8-14-12(13-4)16-11/h7-10H,5-6H2,1-4H3,(H2,13,14,15,16). The van der Waals surface area contributed by atoms with Crippen LogP contribution in [0.3, 0.4) is 0 Å². The lowest BCUT2D eigenvalue weighted by Gasteiger charge is -2.23. The lowest BCUT2D eigenvalue weighted by atomic mass is 9.95. The van der Waals surface area contributed by atoms with E-state index < -0.39 is 0 Å². The van der Waals surface area contributed by atoms with E-state index in [-0.39, 0.29) is 0 Å². The van der Waals surface area contributed by atoms with Crippen LogP contribution in [-0.4, -0.2) is 23.1 Å². The van der Waals surface area contributed by atoms with Crippen LogP contribution in [0.15, 0.2) is 12.3 Å². The molecule has 0 amide bonds. The number of aromatic nitrogens is 2. The summed E-state index contributed by atoms with van der Waals surface area (Å²) in [5.74, 6) is 2.23. The highest BCUT2D eigenvalue weighted by Gasteiger charge is 2.13. The maximum absolute atomic E-state index is 4.35. The van der Waals surface area contributed by atoms with Gasteiger partial charge in [-0.15, -0.1) is 0 Å². The molecule has 1 aromatic heterocycles. The average molecular weight is 222 g/mol. The van der Waals surface area contributed by atoms with Crippen molar-refractivity contribution < 1.29 is 0 Å². The summed E-state index contributed by atoms with van der Waals surface area (Å²) in [6.45, 7) is 6.66. The van der Waals surface area contributed by atoms with Crippen LogP contribution in [0.5, 0.6) is 0 Å². The predicted molar refractivity (Wildman–Crippen MR) is 68.7 cm³/mol. The quantitative estimate of drug-likeness (QED) is 0.777. The molecular formula is C12H22N4. The summed E-state index contributed by atoms with van der Waals surface area (Å²) in [5.41, 5.74) is 0. The highest BCUT2D eigenvalue weighted by atomic mass is 15.1. The molecule has 16 heavy (non-hydrogen) atoms. The Morgan fingerprint density at radius 1 is 1.31 bits per heavy atom. The Hall–Kier alpha value is -1.32. The second-order valence-electron chi connectivity index (χ2n) is 4.03. The molecule has 1 unspecified atom stereocenters. The molecule has 90 valence electrons. The van der Waals surface area contributed by atoms with Crippen LogP contribution >= 0.6 is 0 Å². The summed E-state index contributed by atoms with van der Waals surface area (Å²) in [6, 6.07) is 2.34. The largest absolute Gasteiger partial charge is 0.367 e. The zero-order valence-corrected chi connectivity index (χ0v) is 10.6. The van der Waals surface area contributed by atoms with Gasteiger partial charge in [0.05, 0.1) is 0 Å². The predicted octanol–water partition coefficient (Wildman–Crippen LogP) is 2.75. The van der Waals surface area contributed by atoms with E-state index in [0.29, 0.717) is 17.9 Å². The molecule has 0 radical (unpaired) electrons. The van der Waals surface area contributed by atoms with Gasteiger partial charge in [-0.05, 0) is 18.9 Å². The number of hydrogen-bond acceptors (Lipinski definition) is 4. The Kier molecular flexibility index (Phi) is 5.02. The first-order valence-electron chi connectivity index (χ1n) is 5.98. The molecule has 1 heterocycles. The van der Waals surface area contributed by atoms with Crippen molar-refractivity contribution in [1.29, 1.82) is 0 Å². The van der Waals surface area contributed by atoms with E-state index >= 15 is 0 Å². The van der Waals surface area contributed by atoms with Crippen LogP contribution in [-0.2, 0) is 0 Å². The first-order chi connectivity index (χ1) is 7.71. The van der Waals surface area contributed by atoms with E-state index in [0.717, 1.165) is 5.82 Å². The summed E-state index contributed by atoms with van der Waals surface area (Å²) in [6.07, 6.45) is 4.14. The topological polar surface area (TPSA) is 49.8 Å². The number of hydrogen-bond donors (Lipinski definition) is 2. The third kappa shape index (κ3) is 3.36. The molecule has 4 heteroatoms. The molecule has 0 bridgehead atoms. The molecule has 1 rings (SSSR count). The van der Waals surface area contributed by atoms with Crippen LogP contribution in [0.1, 0.15) is 33.6 Å².